The summed E-state index contributed by atoms with van der Waals surface area (Å²) in [7, 11) is 0. The summed E-state index contributed by atoms with van der Waals surface area (Å²) >= 11 is 0. The van der Waals surface area contributed by atoms with E-state index in [2.05, 4.69) is 5.32 Å². The molecule has 0 unspecified atom stereocenters. The van der Waals surface area contributed by atoms with Crippen LogP contribution >= 0.6 is 0 Å². The predicted molar refractivity (Wildman–Crippen MR) is 71.9 cm³/mol. The molecule has 2 rings (SSSR count). The van der Waals surface area contributed by atoms with Gasteiger partial charge in [0.15, 0.2) is 0 Å². The van der Waals surface area contributed by atoms with Crippen molar-refractivity contribution in [2.75, 3.05) is 5.32 Å². The number of amides is 1. The van der Waals surface area contributed by atoms with Crippen molar-refractivity contribution in [3.8, 4) is 0 Å². The second kappa shape index (κ2) is 6.00. The Balaban J connectivity index is 2.13. The summed E-state index contributed by atoms with van der Waals surface area (Å²) < 4.78 is 13.7. The first-order valence-electron chi connectivity index (χ1n) is 6.57. The van der Waals surface area contributed by atoms with Crippen LogP contribution in [0.15, 0.2) is 18.2 Å². The maximum absolute atomic E-state index is 13.7. The number of carbonyl (C=O) groups is 2. The number of nitrogens with two attached hydrogens (primary N) is 1. The third-order valence-electron chi connectivity index (χ3n) is 3.63. The Morgan fingerprint density at radius 1 is 1.25 bits per heavy atom. The molecule has 108 valence electrons. The number of anilines is 1. The molecule has 1 fully saturated rings. The molecule has 5 nitrogen and oxygen atoms in total. The first-order chi connectivity index (χ1) is 9.49. The molecule has 0 radical (unpaired) electrons. The van der Waals surface area contributed by atoms with Crippen LogP contribution in [-0.4, -0.2) is 23.0 Å². The molecule has 0 spiro atoms. The molecule has 1 aliphatic carbocycles. The van der Waals surface area contributed by atoms with Crippen molar-refractivity contribution in [1.82, 2.24) is 0 Å². The van der Waals surface area contributed by atoms with Crippen molar-refractivity contribution in [3.05, 3.63) is 29.6 Å². The SMILES string of the molecule is NC1CCC(C(=O)Nc2c(F)cccc2C(=O)O)CC1. The predicted octanol–water partition coefficient (Wildman–Crippen LogP) is 1.98. The number of carboxylic acid groups (broad SMARTS) is 1. The van der Waals surface area contributed by atoms with E-state index in [9.17, 15) is 14.0 Å². The zero-order chi connectivity index (χ0) is 14.7. The van der Waals surface area contributed by atoms with Crippen molar-refractivity contribution in [3.63, 3.8) is 0 Å². The number of nitrogens with one attached hydrogen (secondary N) is 1. The molecule has 1 amide bonds. The van der Waals surface area contributed by atoms with E-state index >= 15 is 0 Å². The van der Waals surface area contributed by atoms with Gasteiger partial charge >= 0.3 is 5.97 Å². The van der Waals surface area contributed by atoms with E-state index in [1.165, 1.54) is 12.1 Å². The van der Waals surface area contributed by atoms with E-state index in [0.717, 1.165) is 18.9 Å². The molecule has 1 aliphatic rings. The van der Waals surface area contributed by atoms with Crippen molar-refractivity contribution in [2.45, 2.75) is 31.7 Å². The molecule has 0 saturated heterocycles. The largest absolute Gasteiger partial charge is 0.478 e. The number of rotatable bonds is 3. The summed E-state index contributed by atoms with van der Waals surface area (Å²) in [4.78, 5) is 23.1. The monoisotopic (exact) mass is 280 g/mol. The van der Waals surface area contributed by atoms with Gasteiger partial charge in [-0.15, -0.1) is 0 Å². The highest BCUT2D eigenvalue weighted by atomic mass is 19.1. The van der Waals surface area contributed by atoms with Crippen LogP contribution in [0.4, 0.5) is 10.1 Å². The number of hydrogen-bond acceptors (Lipinski definition) is 3. The van der Waals surface area contributed by atoms with Gasteiger partial charge in [-0.3, -0.25) is 4.79 Å². The summed E-state index contributed by atoms with van der Waals surface area (Å²) in [5.74, 6) is -2.60. The first-order valence-corrected chi connectivity index (χ1v) is 6.57. The molecule has 1 aromatic carbocycles. The van der Waals surface area contributed by atoms with Crippen LogP contribution in [-0.2, 0) is 4.79 Å². The molecule has 0 aromatic heterocycles. The minimum atomic E-state index is -1.27. The molecule has 1 saturated carbocycles. The lowest BCUT2D eigenvalue weighted by Gasteiger charge is -2.25. The van der Waals surface area contributed by atoms with Crippen LogP contribution in [0.1, 0.15) is 36.0 Å². The van der Waals surface area contributed by atoms with Gasteiger partial charge in [-0.25, -0.2) is 9.18 Å². The maximum atomic E-state index is 13.7. The fourth-order valence-corrected chi connectivity index (χ4v) is 2.44. The highest BCUT2D eigenvalue weighted by Gasteiger charge is 2.26. The van der Waals surface area contributed by atoms with Gasteiger partial charge < -0.3 is 16.2 Å². The molecule has 0 atom stereocenters. The lowest BCUT2D eigenvalue weighted by atomic mass is 9.86. The lowest BCUT2D eigenvalue weighted by molar-refractivity contribution is -0.120. The first kappa shape index (κ1) is 14.5. The third-order valence-corrected chi connectivity index (χ3v) is 3.63. The van der Waals surface area contributed by atoms with E-state index in [4.69, 9.17) is 10.8 Å². The average molecular weight is 280 g/mol. The van der Waals surface area contributed by atoms with Gasteiger partial charge in [-0.2, -0.15) is 0 Å². The Hall–Kier alpha value is -1.95. The Morgan fingerprint density at radius 2 is 1.90 bits per heavy atom. The van der Waals surface area contributed by atoms with Gasteiger partial charge in [-0.05, 0) is 37.8 Å². The van der Waals surface area contributed by atoms with Gasteiger partial charge in [0.1, 0.15) is 5.82 Å². The highest BCUT2D eigenvalue weighted by molar-refractivity contribution is 6.01. The lowest BCUT2D eigenvalue weighted by Crippen LogP contribution is -2.33. The number of hydrogen-bond donors (Lipinski definition) is 3. The summed E-state index contributed by atoms with van der Waals surface area (Å²) in [6.07, 6.45) is 2.79. The number of para-hydroxylation sites is 1. The maximum Gasteiger partial charge on any atom is 0.337 e. The molecular formula is C14H17FN2O3. The fraction of sp³-hybridized carbons (Fsp3) is 0.429. The summed E-state index contributed by atoms with van der Waals surface area (Å²) in [5.41, 5.74) is 5.26. The van der Waals surface area contributed by atoms with Crippen molar-refractivity contribution in [1.29, 1.82) is 0 Å². The van der Waals surface area contributed by atoms with Gasteiger partial charge in [0.25, 0.3) is 0 Å². The molecule has 0 heterocycles. The van der Waals surface area contributed by atoms with Crippen LogP contribution in [0.3, 0.4) is 0 Å². The summed E-state index contributed by atoms with van der Waals surface area (Å²) in [6, 6.07) is 3.80. The molecule has 20 heavy (non-hydrogen) atoms. The van der Waals surface area contributed by atoms with Gasteiger partial charge in [0.2, 0.25) is 5.91 Å². The van der Waals surface area contributed by atoms with Crippen molar-refractivity contribution in [2.24, 2.45) is 11.7 Å². The van der Waals surface area contributed by atoms with E-state index in [-0.39, 0.29) is 29.1 Å². The highest BCUT2D eigenvalue weighted by Crippen LogP contribution is 2.26. The minimum absolute atomic E-state index is 0.113. The zero-order valence-electron chi connectivity index (χ0n) is 10.9. The Labute approximate surface area is 116 Å². The topological polar surface area (TPSA) is 92.4 Å². The Kier molecular flexibility index (Phi) is 4.34. The quantitative estimate of drug-likeness (QED) is 0.789. The normalized spacial score (nSPS) is 22.3. The molecule has 0 bridgehead atoms. The Bertz CT molecular complexity index is 525. The van der Waals surface area contributed by atoms with Crippen molar-refractivity contribution >= 4 is 17.6 Å². The molecule has 0 aliphatic heterocycles. The van der Waals surface area contributed by atoms with Crippen LogP contribution in [0.2, 0.25) is 0 Å². The van der Waals surface area contributed by atoms with E-state index in [1.54, 1.807) is 0 Å². The van der Waals surface area contributed by atoms with E-state index in [0.29, 0.717) is 12.8 Å². The average Bonchev–Trinajstić information content (AvgIpc) is 2.41. The standard InChI is InChI=1S/C14H17FN2O3/c15-11-3-1-2-10(14(19)20)12(11)17-13(18)8-4-6-9(16)7-5-8/h1-3,8-9H,4-7,16H2,(H,17,18)(H,19,20). The fourth-order valence-electron chi connectivity index (χ4n) is 2.44. The molecule has 1 aromatic rings. The van der Waals surface area contributed by atoms with Crippen LogP contribution in [0, 0.1) is 11.7 Å². The van der Waals surface area contributed by atoms with Crippen LogP contribution in [0.5, 0.6) is 0 Å². The van der Waals surface area contributed by atoms with Gasteiger partial charge in [0, 0.05) is 12.0 Å². The summed E-state index contributed by atoms with van der Waals surface area (Å²) in [5, 5.41) is 11.4. The van der Waals surface area contributed by atoms with Gasteiger partial charge in [0.05, 0.1) is 11.3 Å². The number of aromatic carboxylic acids is 1. The van der Waals surface area contributed by atoms with Crippen molar-refractivity contribution < 1.29 is 19.1 Å². The molecule has 6 heteroatoms. The van der Waals surface area contributed by atoms with Crippen LogP contribution < -0.4 is 11.1 Å². The molecular weight excluding hydrogens is 263 g/mol. The third kappa shape index (κ3) is 3.14. The van der Waals surface area contributed by atoms with E-state index < -0.39 is 11.8 Å². The second-order valence-electron chi connectivity index (χ2n) is 5.07. The minimum Gasteiger partial charge on any atom is -0.478 e. The molecule has 4 N–H and O–H groups in total. The summed E-state index contributed by atoms with van der Waals surface area (Å²) in [6.45, 7) is 0. The number of benzene rings is 1. The van der Waals surface area contributed by atoms with E-state index in [1.807, 2.05) is 0 Å². The van der Waals surface area contributed by atoms with Gasteiger partial charge in [-0.1, -0.05) is 6.07 Å². The smallest absolute Gasteiger partial charge is 0.337 e. The second-order valence-corrected chi connectivity index (χ2v) is 5.07. The number of halogens is 1. The number of carboxylic acids is 1. The Morgan fingerprint density at radius 3 is 2.50 bits per heavy atom. The zero-order valence-corrected chi connectivity index (χ0v) is 10.9. The number of carbonyl (C=O) groups excluding carboxylic acids is 1. The van der Waals surface area contributed by atoms with Crippen LogP contribution in [0.25, 0.3) is 0 Å².